The Morgan fingerprint density at radius 3 is 2.88 bits per heavy atom. The Morgan fingerprint density at radius 1 is 1.38 bits per heavy atom. The van der Waals surface area contributed by atoms with E-state index in [2.05, 4.69) is 22.8 Å². The van der Waals surface area contributed by atoms with Crippen LogP contribution in [0.3, 0.4) is 0 Å². The first kappa shape index (κ1) is 10.3. The Balaban J connectivity index is 1.53. The van der Waals surface area contributed by atoms with E-state index in [1.54, 1.807) is 11.3 Å². The van der Waals surface area contributed by atoms with Gasteiger partial charge in [0, 0.05) is 22.8 Å². The Bertz CT molecular complexity index is 367. The highest BCUT2D eigenvalue weighted by molar-refractivity contribution is 7.10. The second-order valence-corrected chi connectivity index (χ2v) is 5.93. The van der Waals surface area contributed by atoms with Crippen LogP contribution in [0.2, 0.25) is 0 Å². The fraction of sp³-hybridized carbons (Fsp3) is 0.615. The average molecular weight is 235 g/mol. The zero-order valence-corrected chi connectivity index (χ0v) is 10.1. The molecule has 0 aromatic carbocycles. The summed E-state index contributed by atoms with van der Waals surface area (Å²) in [6.07, 6.45) is 5.98. The maximum Gasteiger partial charge on any atom is 0.223 e. The molecule has 1 amide bonds. The zero-order valence-electron chi connectivity index (χ0n) is 9.32. The predicted molar refractivity (Wildman–Crippen MR) is 65.6 cm³/mol. The van der Waals surface area contributed by atoms with Gasteiger partial charge < -0.3 is 5.32 Å². The third kappa shape index (κ3) is 2.01. The minimum absolute atomic E-state index is 0.263. The van der Waals surface area contributed by atoms with Crippen molar-refractivity contribution in [1.29, 1.82) is 0 Å². The second-order valence-electron chi connectivity index (χ2n) is 4.95. The fourth-order valence-corrected chi connectivity index (χ4v) is 3.59. The maximum absolute atomic E-state index is 12.0. The predicted octanol–water partition coefficient (Wildman–Crippen LogP) is 2.91. The van der Waals surface area contributed by atoms with E-state index in [0.717, 1.165) is 6.42 Å². The largest absolute Gasteiger partial charge is 0.353 e. The second kappa shape index (κ2) is 4.21. The van der Waals surface area contributed by atoms with Crippen molar-refractivity contribution in [2.75, 3.05) is 0 Å². The van der Waals surface area contributed by atoms with Crippen molar-refractivity contribution in [2.24, 2.45) is 5.92 Å². The summed E-state index contributed by atoms with van der Waals surface area (Å²) in [4.78, 5) is 13.3. The van der Waals surface area contributed by atoms with Gasteiger partial charge in [0.2, 0.25) is 5.91 Å². The topological polar surface area (TPSA) is 29.1 Å². The summed E-state index contributed by atoms with van der Waals surface area (Å²) in [5, 5.41) is 5.30. The van der Waals surface area contributed by atoms with Gasteiger partial charge in [-0.2, -0.15) is 0 Å². The summed E-state index contributed by atoms with van der Waals surface area (Å²) in [5.41, 5.74) is 0. The molecule has 1 aromatic rings. The Morgan fingerprint density at radius 2 is 2.19 bits per heavy atom. The summed E-state index contributed by atoms with van der Waals surface area (Å²) in [6, 6.07) is 4.69. The quantitative estimate of drug-likeness (QED) is 0.857. The third-order valence-electron chi connectivity index (χ3n) is 3.74. The molecule has 2 atom stereocenters. The molecule has 0 saturated heterocycles. The minimum atomic E-state index is 0.263. The number of carbonyl (C=O) groups is 1. The monoisotopic (exact) mass is 235 g/mol. The standard InChI is InChI=1S/C13H17NOS/c15-13(14-9-4-1-2-5-9)11-8-10(11)12-6-3-7-16-12/h3,6-7,9-11H,1-2,4-5,8H2,(H,14,15). The number of amides is 1. The van der Waals surface area contributed by atoms with Gasteiger partial charge in [-0.25, -0.2) is 0 Å². The van der Waals surface area contributed by atoms with Gasteiger partial charge in [-0.1, -0.05) is 18.9 Å². The molecule has 2 aliphatic rings. The molecule has 3 rings (SSSR count). The van der Waals surface area contributed by atoms with Gasteiger partial charge in [-0.15, -0.1) is 11.3 Å². The van der Waals surface area contributed by atoms with Crippen LogP contribution >= 0.6 is 11.3 Å². The van der Waals surface area contributed by atoms with Crippen LogP contribution in [-0.4, -0.2) is 11.9 Å². The van der Waals surface area contributed by atoms with Crippen molar-refractivity contribution >= 4 is 17.2 Å². The van der Waals surface area contributed by atoms with E-state index in [-0.39, 0.29) is 5.92 Å². The molecule has 16 heavy (non-hydrogen) atoms. The molecule has 0 radical (unpaired) electrons. The molecule has 2 unspecified atom stereocenters. The van der Waals surface area contributed by atoms with E-state index < -0.39 is 0 Å². The first-order valence-electron chi connectivity index (χ1n) is 6.18. The highest BCUT2D eigenvalue weighted by Gasteiger charge is 2.44. The number of thiophene rings is 1. The van der Waals surface area contributed by atoms with Gasteiger partial charge in [0.05, 0.1) is 0 Å². The number of hydrogen-bond acceptors (Lipinski definition) is 2. The van der Waals surface area contributed by atoms with Crippen molar-refractivity contribution in [3.63, 3.8) is 0 Å². The van der Waals surface area contributed by atoms with Crippen molar-refractivity contribution in [3.8, 4) is 0 Å². The zero-order chi connectivity index (χ0) is 11.0. The van der Waals surface area contributed by atoms with Crippen LogP contribution in [0.25, 0.3) is 0 Å². The highest BCUT2D eigenvalue weighted by Crippen LogP contribution is 2.49. The van der Waals surface area contributed by atoms with Crippen LogP contribution in [0.1, 0.15) is 42.9 Å². The van der Waals surface area contributed by atoms with Gasteiger partial charge in [-0.05, 0) is 30.7 Å². The first-order chi connectivity index (χ1) is 7.84. The normalized spacial score (nSPS) is 29.2. The van der Waals surface area contributed by atoms with Gasteiger partial charge in [0.15, 0.2) is 0 Å². The summed E-state index contributed by atoms with van der Waals surface area (Å²) in [5.74, 6) is 1.07. The molecular weight excluding hydrogens is 218 g/mol. The lowest BCUT2D eigenvalue weighted by molar-refractivity contribution is -0.123. The molecule has 2 fully saturated rings. The molecule has 1 N–H and O–H groups in total. The van der Waals surface area contributed by atoms with Gasteiger partial charge >= 0.3 is 0 Å². The number of carbonyl (C=O) groups excluding carboxylic acids is 1. The van der Waals surface area contributed by atoms with Crippen LogP contribution in [0, 0.1) is 5.92 Å². The lowest BCUT2D eigenvalue weighted by Gasteiger charge is -2.11. The van der Waals surface area contributed by atoms with Crippen LogP contribution in [-0.2, 0) is 4.79 Å². The molecule has 0 bridgehead atoms. The lowest BCUT2D eigenvalue weighted by Crippen LogP contribution is -2.33. The van der Waals surface area contributed by atoms with Crippen LogP contribution in [0.4, 0.5) is 0 Å². The SMILES string of the molecule is O=C(NC1CCCC1)C1CC1c1cccs1. The van der Waals surface area contributed by atoms with E-state index in [0.29, 0.717) is 17.9 Å². The first-order valence-corrected chi connectivity index (χ1v) is 7.06. The van der Waals surface area contributed by atoms with Gasteiger partial charge in [0.1, 0.15) is 0 Å². The lowest BCUT2D eigenvalue weighted by atomic mass is 10.2. The van der Waals surface area contributed by atoms with Crippen LogP contribution < -0.4 is 5.32 Å². The Kier molecular flexibility index (Phi) is 2.72. The molecule has 86 valence electrons. The minimum Gasteiger partial charge on any atom is -0.353 e. The van der Waals surface area contributed by atoms with E-state index in [9.17, 15) is 4.79 Å². The highest BCUT2D eigenvalue weighted by atomic mass is 32.1. The molecular formula is C13H17NOS. The average Bonchev–Trinajstić information content (AvgIpc) is 2.71. The van der Waals surface area contributed by atoms with Gasteiger partial charge in [-0.3, -0.25) is 4.79 Å². The molecule has 2 aliphatic carbocycles. The van der Waals surface area contributed by atoms with Crippen molar-refractivity contribution < 1.29 is 4.79 Å². The maximum atomic E-state index is 12.0. The van der Waals surface area contributed by atoms with Crippen molar-refractivity contribution in [2.45, 2.75) is 44.1 Å². The number of nitrogens with one attached hydrogen (secondary N) is 1. The molecule has 2 nitrogen and oxygen atoms in total. The van der Waals surface area contributed by atoms with E-state index >= 15 is 0 Å². The molecule has 0 aliphatic heterocycles. The van der Waals surface area contributed by atoms with E-state index in [4.69, 9.17) is 0 Å². The van der Waals surface area contributed by atoms with Crippen LogP contribution in [0.5, 0.6) is 0 Å². The molecule has 0 spiro atoms. The third-order valence-corrected chi connectivity index (χ3v) is 4.74. The Labute approximate surface area is 100 Å². The molecule has 2 saturated carbocycles. The van der Waals surface area contributed by atoms with Crippen LogP contribution in [0.15, 0.2) is 17.5 Å². The van der Waals surface area contributed by atoms with Crippen molar-refractivity contribution in [1.82, 2.24) is 5.32 Å². The van der Waals surface area contributed by atoms with E-state index in [1.807, 2.05) is 0 Å². The number of hydrogen-bond donors (Lipinski definition) is 1. The summed E-state index contributed by atoms with van der Waals surface area (Å²) in [6.45, 7) is 0. The van der Waals surface area contributed by atoms with Crippen molar-refractivity contribution in [3.05, 3.63) is 22.4 Å². The smallest absolute Gasteiger partial charge is 0.223 e. The number of rotatable bonds is 3. The molecule has 1 heterocycles. The summed E-state index contributed by atoms with van der Waals surface area (Å²) in [7, 11) is 0. The van der Waals surface area contributed by atoms with Gasteiger partial charge in [0.25, 0.3) is 0 Å². The van der Waals surface area contributed by atoms with E-state index in [1.165, 1.54) is 30.6 Å². The summed E-state index contributed by atoms with van der Waals surface area (Å²) < 4.78 is 0. The molecule has 1 aromatic heterocycles. The Hall–Kier alpha value is -0.830. The molecule has 3 heteroatoms. The summed E-state index contributed by atoms with van der Waals surface area (Å²) >= 11 is 1.78. The fourth-order valence-electron chi connectivity index (χ4n) is 2.68.